The maximum Gasteiger partial charge on any atom is 0.409 e. The van der Waals surface area contributed by atoms with Crippen molar-refractivity contribution >= 4 is 20.1 Å². The molecule has 3 atom stereocenters. The molecular weight excluding hydrogens is 341 g/mol. The molecule has 0 radical (unpaired) electrons. The lowest BCUT2D eigenvalue weighted by atomic mass is 10.1. The summed E-state index contributed by atoms with van der Waals surface area (Å²) in [6.07, 6.45) is 5.04. The Morgan fingerprint density at radius 2 is 2.04 bits per heavy atom. The zero-order chi connectivity index (χ0) is 18.5. The van der Waals surface area contributed by atoms with Crippen molar-refractivity contribution in [3.63, 3.8) is 0 Å². The first-order chi connectivity index (χ1) is 11.3. The minimum Gasteiger partial charge on any atom is -0.578 e. The van der Waals surface area contributed by atoms with Gasteiger partial charge in [-0.05, 0) is 19.4 Å². The number of carboxylic acid groups (broad SMARTS) is 2. The second-order valence-corrected chi connectivity index (χ2v) is 5.56. The van der Waals surface area contributed by atoms with Gasteiger partial charge in [-0.2, -0.15) is 0 Å². The molecule has 0 saturated heterocycles. The van der Waals surface area contributed by atoms with Gasteiger partial charge in [-0.3, -0.25) is 9.59 Å². The molecule has 0 spiro atoms. The van der Waals surface area contributed by atoms with E-state index in [2.05, 4.69) is 9.97 Å². The van der Waals surface area contributed by atoms with E-state index in [-0.39, 0.29) is 6.42 Å². The number of carbonyl (C=O) groups is 2. The van der Waals surface area contributed by atoms with Gasteiger partial charge in [0.1, 0.15) is 6.04 Å². The Kier molecular flexibility index (Phi) is 11.5. The fraction of sp³-hybridized carbons (Fsp3) is 0.583. The highest BCUT2D eigenvalue weighted by Crippen LogP contribution is 2.06. The van der Waals surface area contributed by atoms with Gasteiger partial charge >= 0.3 is 20.1 Å². The largest absolute Gasteiger partial charge is 0.578 e. The van der Waals surface area contributed by atoms with Crippen LogP contribution >= 0.6 is 8.18 Å². The number of aromatic amines is 1. The Morgan fingerprint density at radius 3 is 2.46 bits per heavy atom. The van der Waals surface area contributed by atoms with Crippen molar-refractivity contribution in [2.45, 2.75) is 37.8 Å². The first-order valence-electron chi connectivity index (χ1n) is 7.07. The molecule has 1 aromatic heterocycles. The van der Waals surface area contributed by atoms with Crippen LogP contribution in [0.4, 0.5) is 0 Å². The number of nitrogens with one attached hydrogen (secondary N) is 2. The maximum atomic E-state index is 10.6. The number of hydrogen-bond acceptors (Lipinski definition) is 7. The summed E-state index contributed by atoms with van der Waals surface area (Å²) < 4.78 is 10.3. The van der Waals surface area contributed by atoms with Gasteiger partial charge in [-0.1, -0.05) is 16.1 Å². The number of unbranched alkanes of at least 4 members (excludes halogenated alkanes) is 1. The number of H-pyrrole nitrogens is 1. The Morgan fingerprint density at radius 1 is 1.38 bits per heavy atom. The van der Waals surface area contributed by atoms with Crippen LogP contribution < -0.4 is 21.4 Å². The number of hydrogen-bond donors (Lipinski definition) is 6. The first kappa shape index (κ1) is 22.1. The molecule has 136 valence electrons. The fourth-order valence-electron chi connectivity index (χ4n) is 1.56. The van der Waals surface area contributed by atoms with Gasteiger partial charge in [0.15, 0.2) is 6.04 Å². The van der Waals surface area contributed by atoms with E-state index in [1.165, 1.54) is 12.5 Å². The van der Waals surface area contributed by atoms with Gasteiger partial charge in [0.05, 0.1) is 6.33 Å². The van der Waals surface area contributed by atoms with Crippen LogP contribution in [0.1, 0.15) is 25.0 Å². The van der Waals surface area contributed by atoms with Crippen LogP contribution in [-0.2, 0) is 20.6 Å². The number of aromatic nitrogens is 2. The van der Waals surface area contributed by atoms with Gasteiger partial charge in [-0.25, -0.2) is 4.98 Å². The van der Waals surface area contributed by atoms with E-state index in [0.29, 0.717) is 18.7 Å². The third kappa shape index (κ3) is 10.8. The predicted molar refractivity (Wildman–Crippen MR) is 83.0 cm³/mol. The van der Waals surface area contributed by atoms with Crippen LogP contribution in [0.5, 0.6) is 0 Å². The van der Waals surface area contributed by atoms with E-state index in [1.54, 1.807) is 0 Å². The van der Waals surface area contributed by atoms with Crippen LogP contribution in [-0.4, -0.2) is 50.7 Å². The van der Waals surface area contributed by atoms with Gasteiger partial charge in [0.2, 0.25) is 0 Å². The summed E-state index contributed by atoms with van der Waals surface area (Å²) in [5.41, 5.74) is 11.0. The molecule has 0 aliphatic carbocycles. The quantitative estimate of drug-likeness (QED) is 0.210. The Bertz CT molecular complexity index is 512. The lowest BCUT2D eigenvalue weighted by molar-refractivity contribution is -0.169. The number of carboxylic acids is 2. The summed E-state index contributed by atoms with van der Waals surface area (Å²) in [4.78, 5) is 37.4. The molecule has 0 amide bonds. The highest BCUT2D eigenvalue weighted by atomic mass is 31.1. The van der Waals surface area contributed by atoms with E-state index < -0.39 is 32.2 Å². The highest BCUT2D eigenvalue weighted by Gasteiger charge is 2.23. The van der Waals surface area contributed by atoms with E-state index in [1.807, 2.05) is 5.09 Å². The molecule has 3 unspecified atom stereocenters. The predicted octanol–water partition coefficient (Wildman–Crippen LogP) is -1.46. The van der Waals surface area contributed by atoms with Crippen molar-refractivity contribution in [1.82, 2.24) is 15.1 Å². The van der Waals surface area contributed by atoms with Crippen molar-refractivity contribution in [2.24, 2.45) is 11.5 Å². The topological polar surface area (TPSA) is 207 Å². The maximum absolute atomic E-state index is 10.6. The van der Waals surface area contributed by atoms with Crippen LogP contribution in [0.3, 0.4) is 0 Å². The van der Waals surface area contributed by atoms with E-state index in [0.717, 1.165) is 12.8 Å². The summed E-state index contributed by atoms with van der Waals surface area (Å²) in [6, 6.07) is -1.87. The summed E-state index contributed by atoms with van der Waals surface area (Å²) in [6.45, 7) is 0.604. The van der Waals surface area contributed by atoms with Crippen LogP contribution in [0, 0.1) is 0 Å². The number of imidazole rings is 1. The third-order valence-corrected chi connectivity index (χ3v) is 3.35. The minimum absolute atomic E-state index is 0.0403. The monoisotopic (exact) mass is 363 g/mol. The first-order valence-corrected chi connectivity index (χ1v) is 8.24. The molecule has 12 heteroatoms. The number of nitrogens with zero attached hydrogens (tertiary/aromatic N) is 1. The second-order valence-electron chi connectivity index (χ2n) is 4.79. The van der Waals surface area contributed by atoms with E-state index >= 15 is 0 Å². The molecule has 8 N–H and O–H groups in total. The zero-order valence-corrected chi connectivity index (χ0v) is 13.8. The molecule has 1 rings (SSSR count). The van der Waals surface area contributed by atoms with E-state index in [9.17, 15) is 19.0 Å². The Balaban J connectivity index is 0.000000470. The smallest absolute Gasteiger partial charge is 0.409 e. The number of nitrogens with two attached hydrogens (primary N) is 2. The fourth-order valence-corrected chi connectivity index (χ4v) is 2.02. The molecule has 0 aliphatic rings. The molecule has 0 aliphatic heterocycles. The summed E-state index contributed by atoms with van der Waals surface area (Å²) in [5.74, 6) is -2.16. The Hall–Kier alpha value is -1.91. The summed E-state index contributed by atoms with van der Waals surface area (Å²) in [5, 5.41) is 18.9. The summed E-state index contributed by atoms with van der Waals surface area (Å²) >= 11 is 0. The third-order valence-electron chi connectivity index (χ3n) is 2.82. The molecule has 1 aromatic rings. The van der Waals surface area contributed by atoms with Crippen LogP contribution in [0.15, 0.2) is 12.5 Å². The molecule has 0 bridgehead atoms. The Labute approximate surface area is 139 Å². The highest BCUT2D eigenvalue weighted by molar-refractivity contribution is 7.34. The van der Waals surface area contributed by atoms with Gasteiger partial charge in [-0.15, -0.1) is 0 Å². The van der Waals surface area contributed by atoms with Crippen molar-refractivity contribution in [3.8, 4) is 0 Å². The van der Waals surface area contributed by atoms with Gasteiger partial charge in [0, 0.05) is 18.3 Å². The molecule has 24 heavy (non-hydrogen) atoms. The lowest BCUT2D eigenvalue weighted by Crippen LogP contribution is -2.35. The number of aliphatic carboxylic acids is 2. The van der Waals surface area contributed by atoms with E-state index in [4.69, 9.17) is 21.7 Å². The molecule has 0 aromatic carbocycles. The standard InChI is InChI=1S/C6H8N3O4P.C6H14N2O2/c10-6(11)5(9-14(12)13)1-4-2-7-3-8-4;7-4-2-1-3-5(8)6(9)10/h2-3,5H,1H2,(H,7,8)(H,10,11)(H,9,12,13);5H,1-4,7-8H2,(H,9,10). The lowest BCUT2D eigenvalue weighted by Gasteiger charge is -2.06. The molecular formula is C12H22N5O6P. The van der Waals surface area contributed by atoms with Crippen molar-refractivity contribution in [3.05, 3.63) is 18.2 Å². The average Bonchev–Trinajstić information content (AvgIpc) is 2.99. The zero-order valence-electron chi connectivity index (χ0n) is 12.9. The van der Waals surface area contributed by atoms with Gasteiger partial charge in [0.25, 0.3) is 0 Å². The SMILES string of the molecule is NCCCCC(N)C(=O)O.O=C(O)C(Cc1cnc[nH]1)N[P+](=O)[O-]. The molecule has 11 nitrogen and oxygen atoms in total. The van der Waals surface area contributed by atoms with Gasteiger partial charge < -0.3 is 31.6 Å². The molecule has 1 heterocycles. The normalized spacial score (nSPS) is 13.4. The minimum atomic E-state index is -2.92. The average molecular weight is 363 g/mol. The molecule has 0 saturated carbocycles. The van der Waals surface area contributed by atoms with Crippen LogP contribution in [0.25, 0.3) is 0 Å². The molecule has 0 fully saturated rings. The summed E-state index contributed by atoms with van der Waals surface area (Å²) in [7, 11) is -2.92. The van der Waals surface area contributed by atoms with Crippen molar-refractivity contribution < 1.29 is 29.3 Å². The van der Waals surface area contributed by atoms with Crippen molar-refractivity contribution in [1.29, 1.82) is 0 Å². The van der Waals surface area contributed by atoms with Crippen LogP contribution in [0.2, 0.25) is 0 Å². The van der Waals surface area contributed by atoms with Crippen molar-refractivity contribution in [2.75, 3.05) is 6.54 Å². The second kappa shape index (κ2) is 12.5. The number of rotatable bonds is 10.